The lowest BCUT2D eigenvalue weighted by atomic mass is 9.91. The van der Waals surface area contributed by atoms with Gasteiger partial charge in [-0.1, -0.05) is 45.4 Å². The molecule has 0 unspecified atom stereocenters. The molecule has 0 aliphatic carbocycles. The molecule has 1 atom stereocenters. The van der Waals surface area contributed by atoms with Gasteiger partial charge in [0.2, 0.25) is 5.91 Å². The van der Waals surface area contributed by atoms with Crippen LogP contribution in [-0.4, -0.2) is 34.2 Å². The molecule has 32 heavy (non-hydrogen) atoms. The minimum Gasteiger partial charge on any atom is -0.341 e. The molecule has 0 bridgehead atoms. The first-order valence-corrected chi connectivity index (χ1v) is 11.9. The number of likely N-dealkylation sites (tertiary alicyclic amines) is 1. The Hall–Kier alpha value is -2.25. The van der Waals surface area contributed by atoms with Gasteiger partial charge < -0.3 is 4.90 Å². The van der Waals surface area contributed by atoms with Crippen molar-refractivity contribution < 1.29 is 14.0 Å². The number of thiazole rings is 1. The van der Waals surface area contributed by atoms with E-state index in [1.807, 2.05) is 0 Å². The van der Waals surface area contributed by atoms with E-state index in [0.717, 1.165) is 24.2 Å². The van der Waals surface area contributed by atoms with Crippen LogP contribution in [0.3, 0.4) is 0 Å². The van der Waals surface area contributed by atoms with Gasteiger partial charge >= 0.3 is 0 Å². The van der Waals surface area contributed by atoms with Crippen LogP contribution in [0, 0.1) is 17.2 Å². The second-order valence-corrected chi connectivity index (χ2v) is 10.8. The van der Waals surface area contributed by atoms with E-state index in [-0.39, 0.29) is 33.4 Å². The average Bonchev–Trinajstić information content (AvgIpc) is 2.99. The van der Waals surface area contributed by atoms with Gasteiger partial charge in [0, 0.05) is 30.1 Å². The summed E-state index contributed by atoms with van der Waals surface area (Å²) >= 11 is 7.18. The zero-order valence-electron chi connectivity index (χ0n) is 18.8. The van der Waals surface area contributed by atoms with Crippen LogP contribution in [0.5, 0.6) is 0 Å². The van der Waals surface area contributed by atoms with Crippen molar-refractivity contribution in [2.45, 2.75) is 47.1 Å². The first-order chi connectivity index (χ1) is 15.0. The highest BCUT2D eigenvalue weighted by Gasteiger charge is 2.23. The monoisotopic (exact) mass is 478 g/mol. The van der Waals surface area contributed by atoms with Crippen LogP contribution in [0.15, 0.2) is 23.0 Å². The number of halogens is 2. The number of nitrogens with zero attached hydrogens (tertiary/aromatic N) is 2. The van der Waals surface area contributed by atoms with Crippen molar-refractivity contribution in [1.29, 1.82) is 0 Å². The van der Waals surface area contributed by atoms with Crippen molar-refractivity contribution in [2.24, 2.45) is 11.3 Å². The first-order valence-electron chi connectivity index (χ1n) is 10.7. The van der Waals surface area contributed by atoms with Gasteiger partial charge in [-0.15, -0.1) is 11.3 Å². The van der Waals surface area contributed by atoms with Gasteiger partial charge in [-0.05, 0) is 37.0 Å². The fourth-order valence-electron chi connectivity index (χ4n) is 3.55. The molecule has 0 radical (unpaired) electrons. The molecule has 172 valence electrons. The summed E-state index contributed by atoms with van der Waals surface area (Å²) in [6.45, 7) is 8.61. The number of Topliss-reactive ketones (excluding diaryl/α,β-unsaturated/α-hetero) is 1. The van der Waals surface area contributed by atoms with Crippen LogP contribution in [0.1, 0.15) is 46.1 Å². The van der Waals surface area contributed by atoms with Crippen LogP contribution in [-0.2, 0) is 16.1 Å². The molecule has 1 fully saturated rings. The average molecular weight is 479 g/mol. The van der Waals surface area contributed by atoms with Gasteiger partial charge in [-0.2, -0.15) is 0 Å². The van der Waals surface area contributed by atoms with E-state index >= 15 is 0 Å². The molecule has 2 aromatic rings. The summed E-state index contributed by atoms with van der Waals surface area (Å²) in [5.41, 5.74) is -0.985. The van der Waals surface area contributed by atoms with Crippen molar-refractivity contribution in [1.82, 2.24) is 9.47 Å². The second kappa shape index (κ2) is 9.71. The van der Waals surface area contributed by atoms with Crippen LogP contribution < -0.4 is 14.8 Å². The van der Waals surface area contributed by atoms with E-state index in [4.69, 9.17) is 11.6 Å². The molecule has 8 heteroatoms. The topological polar surface area (TPSA) is 59.4 Å². The van der Waals surface area contributed by atoms with E-state index < -0.39 is 16.8 Å². The molecule has 1 amide bonds. The number of piperidine rings is 1. The summed E-state index contributed by atoms with van der Waals surface area (Å²) in [5.74, 6) is -0.467. The molecule has 3 rings (SSSR count). The normalized spacial score (nSPS) is 18.3. The van der Waals surface area contributed by atoms with E-state index in [2.05, 4.69) is 6.92 Å². The van der Waals surface area contributed by atoms with E-state index in [9.17, 15) is 18.8 Å². The quantitative estimate of drug-likeness (QED) is 0.678. The Morgan fingerprint density at radius 2 is 2.03 bits per heavy atom. The lowest BCUT2D eigenvalue weighted by molar-refractivity contribution is -0.133. The van der Waals surface area contributed by atoms with Crippen molar-refractivity contribution >= 4 is 46.8 Å². The molecule has 2 heterocycles. The maximum atomic E-state index is 14.3. The number of carbonyl (C=O) groups is 2. The van der Waals surface area contributed by atoms with Gasteiger partial charge in [-0.25, -0.2) is 4.39 Å². The third-order valence-electron chi connectivity index (χ3n) is 5.51. The van der Waals surface area contributed by atoms with Crippen LogP contribution in [0.2, 0.25) is 5.02 Å². The standard InChI is InChI=1S/C24H28ClFN2O3S/c1-15-7-6-10-27(13-15)21(30)14-28-22(12-20(29)24(2,3)4)32-19(23(28)31)11-16-17(25)8-5-9-18(16)26/h5,8-9,11-12,15H,6-7,10,13-14H2,1-4H3/b19-11+,22-12-/t15-/m0/s1. The number of amides is 1. The summed E-state index contributed by atoms with van der Waals surface area (Å²) in [6.07, 6.45) is 4.79. The largest absolute Gasteiger partial charge is 0.341 e. The third kappa shape index (κ3) is 5.56. The molecule has 1 aliphatic heterocycles. The smallest absolute Gasteiger partial charge is 0.269 e. The summed E-state index contributed by atoms with van der Waals surface area (Å²) in [7, 11) is 0. The van der Waals surface area contributed by atoms with Gasteiger partial charge in [0.15, 0.2) is 5.78 Å². The Labute approximate surface area is 195 Å². The highest BCUT2D eigenvalue weighted by molar-refractivity contribution is 7.07. The fraction of sp³-hybridized carbons (Fsp3) is 0.458. The van der Waals surface area contributed by atoms with Crippen LogP contribution in [0.25, 0.3) is 12.2 Å². The van der Waals surface area contributed by atoms with Crippen LogP contribution >= 0.6 is 22.9 Å². The Kier molecular flexibility index (Phi) is 7.40. The molecule has 1 saturated heterocycles. The molecule has 1 aromatic carbocycles. The van der Waals surface area contributed by atoms with Gasteiger partial charge in [-0.3, -0.25) is 19.0 Å². The molecule has 1 aromatic heterocycles. The lowest BCUT2D eigenvalue weighted by Gasteiger charge is -2.31. The van der Waals surface area contributed by atoms with Gasteiger partial charge in [0.1, 0.15) is 17.0 Å². The summed E-state index contributed by atoms with van der Waals surface area (Å²) in [5, 5.41) is 0.180. The van der Waals surface area contributed by atoms with E-state index in [1.165, 1.54) is 28.9 Å². The highest BCUT2D eigenvalue weighted by Crippen LogP contribution is 2.19. The predicted molar refractivity (Wildman–Crippen MR) is 127 cm³/mol. The molecule has 1 aliphatic rings. The SMILES string of the molecule is C[C@H]1CCCN(C(=O)Cn2c(=O)/c(=C\c3c(F)cccc3Cl)s/c2=C\C(=O)C(C)(C)C)C1. The summed E-state index contributed by atoms with van der Waals surface area (Å²) in [6, 6.07) is 4.29. The zero-order chi connectivity index (χ0) is 23.6. The molecule has 0 saturated carbocycles. The van der Waals surface area contributed by atoms with Crippen molar-refractivity contribution in [2.75, 3.05) is 13.1 Å². The molecule has 0 N–H and O–H groups in total. The Morgan fingerprint density at radius 3 is 2.66 bits per heavy atom. The maximum Gasteiger partial charge on any atom is 0.269 e. The number of carbonyl (C=O) groups excluding carboxylic acids is 2. The third-order valence-corrected chi connectivity index (χ3v) is 6.90. The predicted octanol–water partition coefficient (Wildman–Crippen LogP) is 3.19. The Morgan fingerprint density at radius 1 is 1.31 bits per heavy atom. The van der Waals surface area contributed by atoms with Crippen molar-refractivity contribution in [3.05, 3.63) is 54.2 Å². The van der Waals surface area contributed by atoms with Crippen molar-refractivity contribution in [3.63, 3.8) is 0 Å². The second-order valence-electron chi connectivity index (χ2n) is 9.32. The number of ketones is 1. The van der Waals surface area contributed by atoms with Gasteiger partial charge in [0.05, 0.1) is 9.55 Å². The van der Waals surface area contributed by atoms with E-state index in [0.29, 0.717) is 23.7 Å². The Bertz CT molecular complexity index is 1190. The summed E-state index contributed by atoms with van der Waals surface area (Å²) in [4.78, 5) is 40.6. The van der Waals surface area contributed by atoms with Crippen LogP contribution in [0.4, 0.5) is 4.39 Å². The number of hydrogen-bond acceptors (Lipinski definition) is 4. The minimum absolute atomic E-state index is 0.101. The van der Waals surface area contributed by atoms with E-state index in [1.54, 1.807) is 31.7 Å². The van der Waals surface area contributed by atoms with Crippen molar-refractivity contribution in [3.8, 4) is 0 Å². The fourth-order valence-corrected chi connectivity index (χ4v) is 4.79. The molecular formula is C24H28ClFN2O3S. The summed E-state index contributed by atoms with van der Waals surface area (Å²) < 4.78 is 16.2. The first kappa shape index (κ1) is 24.4. The molecular weight excluding hydrogens is 451 g/mol. The highest BCUT2D eigenvalue weighted by atomic mass is 35.5. The number of hydrogen-bond donors (Lipinski definition) is 0. The molecule has 0 spiro atoms. The minimum atomic E-state index is -0.643. The number of aromatic nitrogens is 1. The maximum absolute atomic E-state index is 14.3. The number of benzene rings is 1. The lowest BCUT2D eigenvalue weighted by Crippen LogP contribution is -2.44. The van der Waals surface area contributed by atoms with Gasteiger partial charge in [0.25, 0.3) is 5.56 Å². The number of rotatable bonds is 4. The zero-order valence-corrected chi connectivity index (χ0v) is 20.4. The Balaban J connectivity index is 2.11. The molecule has 5 nitrogen and oxygen atoms in total.